The van der Waals surface area contributed by atoms with Gasteiger partial charge in [0.2, 0.25) is 0 Å². The van der Waals surface area contributed by atoms with Crippen LogP contribution in [0.3, 0.4) is 0 Å². The Balaban J connectivity index is 1.76. The van der Waals surface area contributed by atoms with E-state index in [0.29, 0.717) is 10.7 Å². The first-order valence-corrected chi connectivity index (χ1v) is 12.0. The minimum Gasteiger partial charge on any atom is -0.406 e. The highest BCUT2D eigenvalue weighted by atomic mass is 35.5. The SMILES string of the molecule is O=C(C=CNc1ccc(OC(F)(F)F)cc1)c1ccc([N+](=O)[O-])c(CS(=O)(=O)c2ccc(Cl)cc2)c1. The number of hydrogen-bond donors (Lipinski definition) is 1. The van der Waals surface area contributed by atoms with E-state index in [1.807, 2.05) is 0 Å². The van der Waals surface area contributed by atoms with Gasteiger partial charge in [0.1, 0.15) is 5.75 Å². The molecule has 0 aliphatic carbocycles. The normalized spacial score (nSPS) is 11.9. The number of nitro benzene ring substituents is 1. The largest absolute Gasteiger partial charge is 0.573 e. The van der Waals surface area contributed by atoms with Crippen LogP contribution < -0.4 is 10.1 Å². The Morgan fingerprint density at radius 1 is 1.06 bits per heavy atom. The van der Waals surface area contributed by atoms with Gasteiger partial charge in [-0.05, 0) is 60.7 Å². The number of hydrogen-bond acceptors (Lipinski definition) is 7. The average Bonchev–Trinajstić information content (AvgIpc) is 2.79. The number of alkyl halides is 3. The number of rotatable bonds is 9. The Bertz CT molecular complexity index is 1410. The second-order valence-electron chi connectivity index (χ2n) is 7.23. The molecule has 0 spiro atoms. The molecule has 3 aromatic rings. The molecule has 0 amide bonds. The van der Waals surface area contributed by atoms with Crippen molar-refractivity contribution in [1.29, 1.82) is 0 Å². The van der Waals surface area contributed by atoms with Crippen molar-refractivity contribution < 1.29 is 36.0 Å². The molecular formula is C23H16ClF3N2O6S. The standard InChI is InChI=1S/C23H16ClF3N2O6S/c24-17-2-8-20(9-3-17)36(33,34)14-16-13-15(1-10-21(16)29(31)32)22(30)11-12-28-18-4-6-19(7-5-18)35-23(25,26)27/h1-13,28H,14H2. The summed E-state index contributed by atoms with van der Waals surface area (Å²) < 4.78 is 65.9. The quantitative estimate of drug-likeness (QED) is 0.155. The number of ketones is 1. The van der Waals surface area contributed by atoms with Crippen molar-refractivity contribution >= 4 is 38.6 Å². The first-order chi connectivity index (χ1) is 16.8. The van der Waals surface area contributed by atoms with Crippen molar-refractivity contribution in [2.45, 2.75) is 17.0 Å². The number of allylic oxidation sites excluding steroid dienone is 1. The average molecular weight is 541 g/mol. The van der Waals surface area contributed by atoms with Crippen molar-refractivity contribution in [2.75, 3.05) is 5.32 Å². The third-order valence-electron chi connectivity index (χ3n) is 4.65. The van der Waals surface area contributed by atoms with Gasteiger partial charge in [-0.3, -0.25) is 14.9 Å². The molecule has 0 radical (unpaired) electrons. The lowest BCUT2D eigenvalue weighted by atomic mass is 10.1. The first kappa shape index (κ1) is 26.7. The summed E-state index contributed by atoms with van der Waals surface area (Å²) in [6.07, 6.45) is -2.52. The molecule has 0 heterocycles. The fraction of sp³-hybridized carbons (Fsp3) is 0.0870. The number of nitrogens with one attached hydrogen (secondary N) is 1. The third kappa shape index (κ3) is 7.30. The van der Waals surface area contributed by atoms with Gasteiger partial charge in [0.15, 0.2) is 15.6 Å². The maximum atomic E-state index is 12.8. The molecule has 8 nitrogen and oxygen atoms in total. The highest BCUT2D eigenvalue weighted by Gasteiger charge is 2.31. The predicted octanol–water partition coefficient (Wildman–Crippen LogP) is 5.93. The second kappa shape index (κ2) is 10.8. The van der Waals surface area contributed by atoms with Crippen LogP contribution in [0.1, 0.15) is 15.9 Å². The van der Waals surface area contributed by atoms with Crippen LogP contribution in [0.15, 0.2) is 83.9 Å². The molecular weight excluding hydrogens is 525 g/mol. The maximum Gasteiger partial charge on any atom is 0.573 e. The van der Waals surface area contributed by atoms with E-state index in [9.17, 15) is 36.5 Å². The minimum absolute atomic E-state index is 0.00567. The van der Waals surface area contributed by atoms with Crippen molar-refractivity contribution in [3.8, 4) is 5.75 Å². The molecule has 0 atom stereocenters. The summed E-state index contributed by atoms with van der Waals surface area (Å²) in [4.78, 5) is 23.1. The fourth-order valence-electron chi connectivity index (χ4n) is 3.03. The Labute approximate surface area is 208 Å². The van der Waals surface area contributed by atoms with Crippen LogP contribution in [0.4, 0.5) is 24.5 Å². The maximum absolute atomic E-state index is 12.8. The number of carbonyl (C=O) groups excluding carboxylic acids is 1. The lowest BCUT2D eigenvalue weighted by molar-refractivity contribution is -0.385. The molecule has 1 N–H and O–H groups in total. The van der Waals surface area contributed by atoms with E-state index in [-0.39, 0.29) is 16.0 Å². The van der Waals surface area contributed by atoms with Gasteiger partial charge in [-0.15, -0.1) is 13.2 Å². The van der Waals surface area contributed by atoms with E-state index in [0.717, 1.165) is 30.3 Å². The zero-order chi connectivity index (χ0) is 26.5. The monoisotopic (exact) mass is 540 g/mol. The Hall–Kier alpha value is -3.90. The van der Waals surface area contributed by atoms with Crippen LogP contribution in [0.25, 0.3) is 0 Å². The number of benzene rings is 3. The molecule has 0 bridgehead atoms. The molecule has 3 aromatic carbocycles. The van der Waals surface area contributed by atoms with Gasteiger partial charge < -0.3 is 10.1 Å². The number of halogens is 4. The predicted molar refractivity (Wildman–Crippen MR) is 126 cm³/mol. The van der Waals surface area contributed by atoms with Gasteiger partial charge in [0.25, 0.3) is 5.69 Å². The molecule has 36 heavy (non-hydrogen) atoms. The highest BCUT2D eigenvalue weighted by molar-refractivity contribution is 7.90. The van der Waals surface area contributed by atoms with Crippen LogP contribution in [0.5, 0.6) is 5.75 Å². The Kier molecular flexibility index (Phi) is 8.00. The summed E-state index contributed by atoms with van der Waals surface area (Å²) in [5, 5.41) is 14.4. The second-order valence-corrected chi connectivity index (χ2v) is 9.65. The van der Waals surface area contributed by atoms with Crippen LogP contribution in [-0.4, -0.2) is 25.5 Å². The van der Waals surface area contributed by atoms with Crippen molar-refractivity contribution in [1.82, 2.24) is 0 Å². The van der Waals surface area contributed by atoms with Crippen LogP contribution in [0.2, 0.25) is 5.02 Å². The van der Waals surface area contributed by atoms with Gasteiger partial charge in [-0.25, -0.2) is 8.42 Å². The molecule has 13 heteroatoms. The molecule has 3 rings (SSSR count). The number of nitro groups is 1. The van der Waals surface area contributed by atoms with Gasteiger partial charge in [-0.1, -0.05) is 11.6 Å². The topological polar surface area (TPSA) is 116 Å². The lowest BCUT2D eigenvalue weighted by Gasteiger charge is -2.09. The molecule has 0 saturated carbocycles. The van der Waals surface area contributed by atoms with E-state index < -0.39 is 44.1 Å². The van der Waals surface area contributed by atoms with Gasteiger partial charge in [0, 0.05) is 40.2 Å². The summed E-state index contributed by atoms with van der Waals surface area (Å²) in [7, 11) is -3.98. The highest BCUT2D eigenvalue weighted by Crippen LogP contribution is 2.27. The van der Waals surface area contributed by atoms with Crippen LogP contribution in [-0.2, 0) is 15.6 Å². The Morgan fingerprint density at radius 3 is 2.28 bits per heavy atom. The summed E-state index contributed by atoms with van der Waals surface area (Å²) in [6.45, 7) is 0. The fourth-order valence-corrected chi connectivity index (χ4v) is 4.51. The van der Waals surface area contributed by atoms with E-state index in [2.05, 4.69) is 10.1 Å². The summed E-state index contributed by atoms with van der Waals surface area (Å²) >= 11 is 5.78. The summed E-state index contributed by atoms with van der Waals surface area (Å²) in [5.74, 6) is -1.74. The first-order valence-electron chi connectivity index (χ1n) is 9.93. The van der Waals surface area contributed by atoms with E-state index in [1.54, 1.807) is 0 Å². The van der Waals surface area contributed by atoms with Crippen LogP contribution in [0, 0.1) is 10.1 Å². The molecule has 0 unspecified atom stereocenters. The number of ether oxygens (including phenoxy) is 1. The molecule has 0 fully saturated rings. The van der Waals surface area contributed by atoms with Gasteiger partial charge >= 0.3 is 6.36 Å². The number of nitrogens with zero attached hydrogens (tertiary/aromatic N) is 1. The summed E-state index contributed by atoms with van der Waals surface area (Å²) in [5.41, 5.74) is -0.296. The van der Waals surface area contributed by atoms with Gasteiger partial charge in [-0.2, -0.15) is 0 Å². The van der Waals surface area contributed by atoms with Crippen molar-refractivity contribution in [2.24, 2.45) is 0 Å². The van der Waals surface area contributed by atoms with E-state index in [4.69, 9.17) is 11.6 Å². The van der Waals surface area contributed by atoms with Crippen LogP contribution >= 0.6 is 11.6 Å². The number of anilines is 1. The molecule has 0 aliphatic rings. The third-order valence-corrected chi connectivity index (χ3v) is 6.59. The minimum atomic E-state index is -4.82. The Morgan fingerprint density at radius 2 is 1.69 bits per heavy atom. The molecule has 188 valence electrons. The van der Waals surface area contributed by atoms with Crippen molar-refractivity contribution in [3.63, 3.8) is 0 Å². The van der Waals surface area contributed by atoms with Crippen molar-refractivity contribution in [3.05, 3.63) is 105 Å². The van der Waals surface area contributed by atoms with E-state index in [1.165, 1.54) is 48.7 Å². The lowest BCUT2D eigenvalue weighted by Crippen LogP contribution is -2.16. The zero-order valence-corrected chi connectivity index (χ0v) is 19.6. The molecule has 0 aliphatic heterocycles. The number of sulfone groups is 1. The molecule has 0 saturated heterocycles. The molecule has 0 aromatic heterocycles. The zero-order valence-electron chi connectivity index (χ0n) is 18.0. The van der Waals surface area contributed by atoms with Gasteiger partial charge in [0.05, 0.1) is 15.6 Å². The summed E-state index contributed by atoms with van der Waals surface area (Å²) in [6, 6.07) is 13.4. The smallest absolute Gasteiger partial charge is 0.406 e. The van der Waals surface area contributed by atoms with E-state index >= 15 is 0 Å². The number of carbonyl (C=O) groups is 1.